The van der Waals surface area contributed by atoms with Crippen LogP contribution in [0.4, 0.5) is 18.9 Å². The number of rotatable bonds is 8. The molecule has 0 atom stereocenters. The number of likely N-dealkylation sites (N-methyl/N-ethyl adjacent to an activating group) is 1. The molecule has 4 aromatic rings. The third-order valence-corrected chi connectivity index (χ3v) is 6.64. The molecule has 1 saturated carbocycles. The molecule has 0 saturated heterocycles. The van der Waals surface area contributed by atoms with Crippen molar-refractivity contribution >= 4 is 23.1 Å². The lowest BCUT2D eigenvalue weighted by Crippen LogP contribution is -2.26. The molecule has 5 rings (SSSR count). The van der Waals surface area contributed by atoms with E-state index in [9.17, 15) is 22.8 Å². The van der Waals surface area contributed by atoms with E-state index in [0.717, 1.165) is 24.8 Å². The first kappa shape index (κ1) is 29.8. The van der Waals surface area contributed by atoms with Gasteiger partial charge in [-0.2, -0.15) is 10.2 Å². The molecule has 1 aliphatic carbocycles. The molecule has 0 bridgehead atoms. The molecule has 1 aromatic carbocycles. The van der Waals surface area contributed by atoms with Crippen LogP contribution in [-0.4, -0.2) is 67.8 Å². The van der Waals surface area contributed by atoms with E-state index in [1.54, 1.807) is 50.9 Å². The second kappa shape index (κ2) is 13.0. The molecule has 2 amide bonds. The van der Waals surface area contributed by atoms with Gasteiger partial charge in [0.1, 0.15) is 17.8 Å². The Morgan fingerprint density at radius 2 is 1.90 bits per heavy atom. The fraction of sp³-hybridized carbons (Fsp3) is 0.414. The molecule has 3 aromatic heterocycles. The highest BCUT2D eigenvalue weighted by Gasteiger charge is 2.27. The standard InChI is InChI=1S/C26H27F2N7O2.C3H7F/c1-33(2)23(36)15-34-14-21(31-26(37)20-13-30-35-10-4-9-29-25(20)35)24(32-34)19-11-16(12-22(27)28)7-8-18(19)17-5-3-6-17;1-3(2)4/h4,7-11,13-14,17,22H,3,5-6,12,15H2,1-2H3,(H,31,37);3H,1-2H3. The number of hydrogen-bond donors (Lipinski definition) is 1. The quantitative estimate of drug-likeness (QED) is 0.308. The van der Waals surface area contributed by atoms with Crippen molar-refractivity contribution in [3.63, 3.8) is 0 Å². The Hall–Kier alpha value is -4.22. The minimum absolute atomic E-state index is 0.0381. The van der Waals surface area contributed by atoms with E-state index in [-0.39, 0.29) is 30.4 Å². The summed E-state index contributed by atoms with van der Waals surface area (Å²) in [6.45, 7) is 2.96. The van der Waals surface area contributed by atoms with Crippen LogP contribution in [-0.2, 0) is 17.8 Å². The van der Waals surface area contributed by atoms with Gasteiger partial charge in [0.05, 0.1) is 18.1 Å². The van der Waals surface area contributed by atoms with Crippen molar-refractivity contribution in [2.75, 3.05) is 19.4 Å². The van der Waals surface area contributed by atoms with E-state index in [1.807, 2.05) is 6.07 Å². The van der Waals surface area contributed by atoms with Gasteiger partial charge in [-0.1, -0.05) is 18.6 Å². The minimum atomic E-state index is -2.49. The van der Waals surface area contributed by atoms with Gasteiger partial charge in [0.15, 0.2) is 5.65 Å². The van der Waals surface area contributed by atoms with Crippen molar-refractivity contribution in [2.24, 2.45) is 0 Å². The zero-order valence-electron chi connectivity index (χ0n) is 23.5. The van der Waals surface area contributed by atoms with Crippen LogP contribution in [0.15, 0.2) is 49.1 Å². The summed E-state index contributed by atoms with van der Waals surface area (Å²) >= 11 is 0. The van der Waals surface area contributed by atoms with Crippen molar-refractivity contribution in [3.05, 3.63) is 65.7 Å². The number of aromatic nitrogens is 5. The molecule has 1 N–H and O–H groups in total. The summed E-state index contributed by atoms with van der Waals surface area (Å²) in [4.78, 5) is 31.4. The van der Waals surface area contributed by atoms with Crippen LogP contribution in [0.5, 0.6) is 0 Å². The van der Waals surface area contributed by atoms with Crippen LogP contribution < -0.4 is 5.32 Å². The summed E-state index contributed by atoms with van der Waals surface area (Å²) in [7, 11) is 3.30. The minimum Gasteiger partial charge on any atom is -0.347 e. The van der Waals surface area contributed by atoms with Crippen molar-refractivity contribution < 1.29 is 22.8 Å². The average molecular weight is 570 g/mol. The molecule has 218 valence electrons. The number of fused-ring (bicyclic) bond motifs is 1. The number of carbonyl (C=O) groups is 2. The lowest BCUT2D eigenvalue weighted by molar-refractivity contribution is -0.129. The van der Waals surface area contributed by atoms with E-state index in [0.29, 0.717) is 28.2 Å². The SMILES string of the molecule is CC(C)F.CN(C)C(=O)Cn1cc(NC(=O)c2cnn3cccnc23)c(-c2cc(CC(F)F)ccc2C2CCC2)n1. The molecule has 0 radical (unpaired) electrons. The highest BCUT2D eigenvalue weighted by molar-refractivity contribution is 6.09. The van der Waals surface area contributed by atoms with Crippen LogP contribution in [0, 0.1) is 0 Å². The van der Waals surface area contributed by atoms with E-state index in [4.69, 9.17) is 0 Å². The van der Waals surface area contributed by atoms with Crippen LogP contribution >= 0.6 is 0 Å². The Morgan fingerprint density at radius 1 is 1.17 bits per heavy atom. The Bertz CT molecular complexity index is 1510. The number of alkyl halides is 3. The van der Waals surface area contributed by atoms with Gasteiger partial charge in [-0.15, -0.1) is 0 Å². The first-order chi connectivity index (χ1) is 19.5. The monoisotopic (exact) mass is 569 g/mol. The Morgan fingerprint density at radius 3 is 2.54 bits per heavy atom. The summed E-state index contributed by atoms with van der Waals surface area (Å²) in [6.07, 6.45) is 5.85. The second-order valence-electron chi connectivity index (χ2n) is 10.4. The van der Waals surface area contributed by atoms with Gasteiger partial charge >= 0.3 is 0 Å². The van der Waals surface area contributed by atoms with Gasteiger partial charge in [0.25, 0.3) is 5.91 Å². The number of nitrogens with one attached hydrogen (secondary N) is 1. The fourth-order valence-electron chi connectivity index (χ4n) is 4.44. The van der Waals surface area contributed by atoms with Gasteiger partial charge in [-0.25, -0.2) is 22.7 Å². The number of carbonyl (C=O) groups excluding carboxylic acids is 2. The van der Waals surface area contributed by atoms with Crippen molar-refractivity contribution in [1.29, 1.82) is 0 Å². The van der Waals surface area contributed by atoms with E-state index in [1.165, 1.54) is 34.1 Å². The number of anilines is 1. The molecule has 9 nitrogen and oxygen atoms in total. The molecular formula is C29H34F3N7O2. The predicted molar refractivity (Wildman–Crippen MR) is 150 cm³/mol. The van der Waals surface area contributed by atoms with Gasteiger partial charge in [0, 0.05) is 44.7 Å². The fourth-order valence-corrected chi connectivity index (χ4v) is 4.44. The largest absolute Gasteiger partial charge is 0.347 e. The average Bonchev–Trinajstić information content (AvgIpc) is 3.47. The maximum absolute atomic E-state index is 13.3. The molecular weight excluding hydrogens is 535 g/mol. The van der Waals surface area contributed by atoms with E-state index < -0.39 is 18.5 Å². The molecule has 1 aliphatic rings. The van der Waals surface area contributed by atoms with Crippen LogP contribution in [0.3, 0.4) is 0 Å². The topological polar surface area (TPSA) is 97.4 Å². The van der Waals surface area contributed by atoms with E-state index in [2.05, 4.69) is 20.5 Å². The summed E-state index contributed by atoms with van der Waals surface area (Å²) < 4.78 is 40.4. The first-order valence-corrected chi connectivity index (χ1v) is 13.5. The van der Waals surface area contributed by atoms with Crippen molar-refractivity contribution in [2.45, 2.75) is 64.6 Å². The molecule has 41 heavy (non-hydrogen) atoms. The van der Waals surface area contributed by atoms with Gasteiger partial charge in [-0.05, 0) is 55.9 Å². The number of benzene rings is 1. The lowest BCUT2D eigenvalue weighted by atomic mass is 9.77. The smallest absolute Gasteiger partial charge is 0.261 e. The second-order valence-corrected chi connectivity index (χ2v) is 10.4. The summed E-state index contributed by atoms with van der Waals surface area (Å²) in [5.74, 6) is -0.330. The number of amides is 2. The van der Waals surface area contributed by atoms with Gasteiger partial charge in [0.2, 0.25) is 12.3 Å². The molecule has 0 unspecified atom stereocenters. The van der Waals surface area contributed by atoms with E-state index >= 15 is 0 Å². The van der Waals surface area contributed by atoms with Crippen LogP contribution in [0.2, 0.25) is 0 Å². The van der Waals surface area contributed by atoms with Crippen molar-refractivity contribution in [1.82, 2.24) is 29.3 Å². The number of halogens is 3. The highest BCUT2D eigenvalue weighted by atomic mass is 19.3. The predicted octanol–water partition coefficient (Wildman–Crippen LogP) is 5.37. The van der Waals surface area contributed by atoms with Crippen LogP contribution in [0.1, 0.15) is 60.5 Å². The summed E-state index contributed by atoms with van der Waals surface area (Å²) in [5.41, 5.74) is 3.65. The Labute approximate surface area is 236 Å². The molecule has 3 heterocycles. The Kier molecular flexibility index (Phi) is 9.41. The summed E-state index contributed by atoms with van der Waals surface area (Å²) in [6, 6.07) is 7.06. The molecule has 0 aliphatic heterocycles. The summed E-state index contributed by atoms with van der Waals surface area (Å²) in [5, 5.41) is 11.7. The molecule has 12 heteroatoms. The zero-order chi connectivity index (χ0) is 29.7. The highest BCUT2D eigenvalue weighted by Crippen LogP contribution is 2.43. The van der Waals surface area contributed by atoms with Gasteiger partial charge in [-0.3, -0.25) is 14.3 Å². The normalized spacial score (nSPS) is 13.2. The van der Waals surface area contributed by atoms with Crippen LogP contribution in [0.25, 0.3) is 16.9 Å². The third-order valence-electron chi connectivity index (χ3n) is 6.64. The number of hydrogen-bond acceptors (Lipinski definition) is 5. The molecule has 1 fully saturated rings. The van der Waals surface area contributed by atoms with Gasteiger partial charge < -0.3 is 10.2 Å². The molecule has 0 spiro atoms. The lowest BCUT2D eigenvalue weighted by Gasteiger charge is -2.28. The number of nitrogens with zero attached hydrogens (tertiary/aromatic N) is 6. The maximum Gasteiger partial charge on any atom is 0.261 e. The zero-order valence-corrected chi connectivity index (χ0v) is 23.5. The van der Waals surface area contributed by atoms with Crippen molar-refractivity contribution in [3.8, 4) is 11.3 Å². The Balaban J connectivity index is 0.000000909. The first-order valence-electron chi connectivity index (χ1n) is 13.5. The third kappa shape index (κ3) is 7.30. The maximum atomic E-state index is 13.3.